The zero-order chi connectivity index (χ0) is 25.6. The van der Waals surface area contributed by atoms with Crippen LogP contribution >= 0.6 is 15.9 Å². The summed E-state index contributed by atoms with van der Waals surface area (Å²) in [7, 11) is 0. The average Bonchev–Trinajstić information content (AvgIpc) is 3.56. The van der Waals surface area contributed by atoms with Crippen LogP contribution in [0.1, 0.15) is 19.3 Å². The molecule has 1 aromatic heterocycles. The molecule has 5 rings (SSSR count). The fourth-order valence-electron chi connectivity index (χ4n) is 6.06. The fourth-order valence-corrected chi connectivity index (χ4v) is 7.00. The second-order valence-corrected chi connectivity index (χ2v) is 10.7. The molecule has 2 N–H and O–H groups in total. The van der Waals surface area contributed by atoms with Crippen molar-refractivity contribution in [1.29, 1.82) is 0 Å². The number of carboxylic acids is 1. The van der Waals surface area contributed by atoms with Crippen molar-refractivity contribution in [3.63, 3.8) is 0 Å². The molecule has 11 nitrogen and oxygen atoms in total. The molecule has 3 aliphatic heterocycles. The maximum Gasteiger partial charge on any atom is 0.310 e. The number of ether oxygens (including phenoxy) is 1. The van der Waals surface area contributed by atoms with E-state index in [0.717, 1.165) is 5.52 Å². The number of aromatic nitrogens is 3. The molecular weight excluding hydrogens is 534 g/mol. The van der Waals surface area contributed by atoms with Crippen molar-refractivity contribution in [2.75, 3.05) is 19.7 Å². The van der Waals surface area contributed by atoms with Crippen LogP contribution in [0.25, 0.3) is 11.0 Å². The summed E-state index contributed by atoms with van der Waals surface area (Å²) >= 11 is 3.54. The van der Waals surface area contributed by atoms with Gasteiger partial charge in [-0.2, -0.15) is 0 Å². The largest absolute Gasteiger partial charge is 0.481 e. The Morgan fingerprint density at radius 2 is 2.11 bits per heavy atom. The van der Waals surface area contributed by atoms with E-state index in [1.54, 1.807) is 10.8 Å². The van der Waals surface area contributed by atoms with E-state index < -0.39 is 35.6 Å². The van der Waals surface area contributed by atoms with E-state index in [1.165, 1.54) is 9.80 Å². The number of aliphatic hydroxyl groups excluding tert-OH is 1. The van der Waals surface area contributed by atoms with Gasteiger partial charge in [-0.15, -0.1) is 11.7 Å². The molecule has 3 aliphatic rings. The molecule has 0 saturated carbocycles. The van der Waals surface area contributed by atoms with E-state index in [2.05, 4.69) is 32.8 Å². The topological polar surface area (TPSA) is 138 Å². The van der Waals surface area contributed by atoms with Crippen LogP contribution in [0.2, 0.25) is 0 Å². The Morgan fingerprint density at radius 3 is 2.83 bits per heavy atom. The van der Waals surface area contributed by atoms with Gasteiger partial charge in [0.1, 0.15) is 23.8 Å². The lowest BCUT2D eigenvalue weighted by atomic mass is 9.70. The number of halogens is 1. The van der Waals surface area contributed by atoms with Gasteiger partial charge < -0.3 is 24.7 Å². The second-order valence-electron chi connectivity index (χ2n) is 9.53. The fraction of sp³-hybridized carbons (Fsp3) is 0.542. The van der Waals surface area contributed by atoms with Gasteiger partial charge in [0.15, 0.2) is 0 Å². The Hall–Kier alpha value is -2.83. The van der Waals surface area contributed by atoms with Crippen molar-refractivity contribution in [1.82, 2.24) is 24.8 Å². The van der Waals surface area contributed by atoms with Crippen LogP contribution in [-0.4, -0.2) is 95.1 Å². The Labute approximate surface area is 215 Å². The number of alkyl halides is 1. The second kappa shape index (κ2) is 9.56. The van der Waals surface area contributed by atoms with Crippen molar-refractivity contribution < 1.29 is 29.3 Å². The number of carbonyl (C=O) groups is 3. The summed E-state index contributed by atoms with van der Waals surface area (Å²) in [6, 6.07) is 6.39. The molecule has 3 saturated heterocycles. The molecule has 4 heterocycles. The predicted octanol–water partition coefficient (Wildman–Crippen LogP) is 1.01. The van der Waals surface area contributed by atoms with Crippen LogP contribution in [0, 0.1) is 11.8 Å². The zero-order valence-electron chi connectivity index (χ0n) is 19.6. The third-order valence-corrected chi connectivity index (χ3v) is 8.35. The number of fused-ring (bicyclic) bond motifs is 2. The van der Waals surface area contributed by atoms with Gasteiger partial charge in [0.05, 0.1) is 23.5 Å². The van der Waals surface area contributed by atoms with Gasteiger partial charge in [0.25, 0.3) is 0 Å². The molecule has 2 bridgehead atoms. The third kappa shape index (κ3) is 3.73. The van der Waals surface area contributed by atoms with E-state index in [1.807, 2.05) is 24.3 Å². The van der Waals surface area contributed by atoms with Crippen LogP contribution in [0.5, 0.6) is 0 Å². The number of amides is 2. The minimum Gasteiger partial charge on any atom is -0.481 e. The maximum absolute atomic E-state index is 14.2. The first-order chi connectivity index (χ1) is 17.3. The SMILES string of the molecule is C=CCN(Cn1nnc2ccccc21)C(=O)C1N(CCCCO)C(=O)[C@@H]2[C@@H](C(=O)O)[C@@H]3OC12CC3Br. The molecule has 1 spiro atoms. The molecule has 36 heavy (non-hydrogen) atoms. The Morgan fingerprint density at radius 1 is 1.33 bits per heavy atom. The highest BCUT2D eigenvalue weighted by Gasteiger charge is 2.76. The summed E-state index contributed by atoms with van der Waals surface area (Å²) in [4.78, 5) is 42.8. The average molecular weight is 562 g/mol. The minimum atomic E-state index is -1.25. The van der Waals surface area contributed by atoms with Gasteiger partial charge in [0.2, 0.25) is 11.8 Å². The highest BCUT2D eigenvalue weighted by Crippen LogP contribution is 2.60. The Bertz CT molecular complexity index is 1200. The van der Waals surface area contributed by atoms with E-state index in [0.29, 0.717) is 24.8 Å². The molecule has 3 fully saturated rings. The number of hydrogen-bond donors (Lipinski definition) is 2. The van der Waals surface area contributed by atoms with Gasteiger partial charge in [-0.05, 0) is 31.4 Å². The molecule has 0 aliphatic carbocycles. The highest BCUT2D eigenvalue weighted by atomic mass is 79.9. The van der Waals surface area contributed by atoms with Crippen LogP contribution in [-0.2, 0) is 25.8 Å². The normalized spacial score (nSPS) is 30.7. The highest BCUT2D eigenvalue weighted by molar-refractivity contribution is 9.09. The lowest BCUT2D eigenvalue weighted by Crippen LogP contribution is -2.57. The Kier molecular flexibility index (Phi) is 6.60. The van der Waals surface area contributed by atoms with Crippen LogP contribution in [0.3, 0.4) is 0 Å². The summed E-state index contributed by atoms with van der Waals surface area (Å²) < 4.78 is 7.91. The summed E-state index contributed by atoms with van der Waals surface area (Å²) in [5.74, 6) is -3.84. The number of aliphatic carboxylic acids is 1. The third-order valence-electron chi connectivity index (χ3n) is 7.50. The number of carbonyl (C=O) groups excluding carboxylic acids is 2. The first-order valence-corrected chi connectivity index (χ1v) is 12.9. The predicted molar refractivity (Wildman–Crippen MR) is 131 cm³/mol. The molecule has 1 aromatic carbocycles. The summed E-state index contributed by atoms with van der Waals surface area (Å²) in [5, 5.41) is 27.6. The molecule has 0 radical (unpaired) electrons. The number of aliphatic hydroxyl groups is 1. The number of likely N-dealkylation sites (tertiary alicyclic amines) is 1. The van der Waals surface area contributed by atoms with Gasteiger partial charge >= 0.3 is 5.97 Å². The van der Waals surface area contributed by atoms with Crippen LogP contribution < -0.4 is 0 Å². The number of rotatable bonds is 10. The Balaban J connectivity index is 1.52. The zero-order valence-corrected chi connectivity index (χ0v) is 21.2. The monoisotopic (exact) mass is 561 g/mol. The molecule has 6 atom stereocenters. The summed E-state index contributed by atoms with van der Waals surface area (Å²) in [6.45, 7) is 4.23. The van der Waals surface area contributed by atoms with Gasteiger partial charge in [0, 0.05) is 24.5 Å². The molecule has 192 valence electrons. The van der Waals surface area contributed by atoms with E-state index in [9.17, 15) is 24.6 Å². The molecule has 12 heteroatoms. The van der Waals surface area contributed by atoms with Gasteiger partial charge in [-0.1, -0.05) is 39.4 Å². The number of carboxylic acid groups (broad SMARTS) is 1. The number of para-hydroxylation sites is 1. The summed E-state index contributed by atoms with van der Waals surface area (Å²) in [5.41, 5.74) is 0.189. The van der Waals surface area contributed by atoms with E-state index >= 15 is 0 Å². The number of unbranched alkanes of at least 4 members (excludes halogenated alkanes) is 1. The van der Waals surface area contributed by atoms with Crippen LogP contribution in [0.4, 0.5) is 0 Å². The maximum atomic E-state index is 14.2. The van der Waals surface area contributed by atoms with Crippen molar-refractivity contribution in [2.45, 2.75) is 48.5 Å². The van der Waals surface area contributed by atoms with E-state index in [4.69, 9.17) is 4.74 Å². The van der Waals surface area contributed by atoms with Crippen molar-refractivity contribution in [2.24, 2.45) is 11.8 Å². The number of benzene rings is 1. The molecular formula is C24H28BrN5O6. The van der Waals surface area contributed by atoms with Gasteiger partial charge in [-0.3, -0.25) is 14.4 Å². The van der Waals surface area contributed by atoms with Crippen LogP contribution in [0.15, 0.2) is 36.9 Å². The molecule has 3 unspecified atom stereocenters. The minimum absolute atomic E-state index is 0.0447. The van der Waals surface area contributed by atoms with Gasteiger partial charge in [-0.25, -0.2) is 4.68 Å². The molecule has 2 amide bonds. The quantitative estimate of drug-likeness (QED) is 0.249. The lowest BCUT2D eigenvalue weighted by molar-refractivity contribution is -0.151. The smallest absolute Gasteiger partial charge is 0.310 e. The lowest BCUT2D eigenvalue weighted by Gasteiger charge is -2.37. The number of hydrogen-bond acceptors (Lipinski definition) is 7. The van der Waals surface area contributed by atoms with Crippen molar-refractivity contribution in [3.05, 3.63) is 36.9 Å². The van der Waals surface area contributed by atoms with E-state index in [-0.39, 0.29) is 43.0 Å². The van der Waals surface area contributed by atoms with Crippen molar-refractivity contribution in [3.8, 4) is 0 Å². The first kappa shape index (κ1) is 24.8. The first-order valence-electron chi connectivity index (χ1n) is 12.0. The van der Waals surface area contributed by atoms with Crippen molar-refractivity contribution >= 4 is 44.7 Å². The standard InChI is InChI=1S/C24H28BrN5O6/c1-2-9-28(13-30-16-8-4-3-7-15(16)26-27-30)22(33)20-24-12-14(25)19(36-24)17(23(34)35)18(24)21(32)29(20)10-5-6-11-31/h2-4,7-8,14,17-20,31H,1,5-6,9-13H2,(H,34,35)/t14?,17-,18+,19-,20?,24?/m1/s1. The summed E-state index contributed by atoms with van der Waals surface area (Å²) in [6.07, 6.45) is 2.18. The molecule has 2 aromatic rings. The number of nitrogens with zero attached hydrogens (tertiary/aromatic N) is 5.